The minimum Gasteiger partial charge on any atom is -0.494 e. The second-order valence-electron chi connectivity index (χ2n) is 7.21. The van der Waals surface area contributed by atoms with Gasteiger partial charge in [0.2, 0.25) is 5.91 Å². The van der Waals surface area contributed by atoms with Crippen LogP contribution in [0.2, 0.25) is 0 Å². The third kappa shape index (κ3) is 5.90. The van der Waals surface area contributed by atoms with Crippen molar-refractivity contribution in [2.45, 2.75) is 17.4 Å². The van der Waals surface area contributed by atoms with Crippen LogP contribution >= 0.6 is 23.1 Å². The second-order valence-corrected chi connectivity index (χ2v) is 9.46. The first kappa shape index (κ1) is 23.7. The highest BCUT2D eigenvalue weighted by Gasteiger charge is 2.32. The largest absolute Gasteiger partial charge is 0.494 e. The summed E-state index contributed by atoms with van der Waals surface area (Å²) < 4.78 is 52.2. The standard InChI is InChI=1S/C22H22F3N3O3S2/c1-2-31-15-4-5-16-19(12-15)33-21(27-16)32-13-20(29)26-17-11-14(22(23,24)25)3-6-18(17)28-7-9-30-10-8-28/h3-6,11-12H,2,7-10,13H2,1H3,(H,26,29). The number of ether oxygens (including phenoxy) is 2. The average Bonchev–Trinajstić information content (AvgIpc) is 3.20. The third-order valence-electron chi connectivity index (χ3n) is 4.93. The fourth-order valence-electron chi connectivity index (χ4n) is 3.41. The summed E-state index contributed by atoms with van der Waals surface area (Å²) >= 11 is 2.68. The van der Waals surface area contributed by atoms with Gasteiger partial charge in [-0.2, -0.15) is 13.2 Å². The molecule has 3 aromatic rings. The number of thioether (sulfide) groups is 1. The molecular formula is C22H22F3N3O3S2. The molecule has 1 aliphatic rings. The summed E-state index contributed by atoms with van der Waals surface area (Å²) in [5.74, 6) is 0.378. The number of amides is 1. The molecule has 0 bridgehead atoms. The number of benzene rings is 2. The van der Waals surface area contributed by atoms with E-state index < -0.39 is 17.6 Å². The summed E-state index contributed by atoms with van der Waals surface area (Å²) in [6.07, 6.45) is -4.50. The van der Waals surface area contributed by atoms with Crippen LogP contribution in [0.25, 0.3) is 10.2 Å². The van der Waals surface area contributed by atoms with Gasteiger partial charge < -0.3 is 19.7 Å². The molecule has 1 fully saturated rings. The van der Waals surface area contributed by atoms with Crippen LogP contribution in [-0.2, 0) is 15.7 Å². The zero-order valence-corrected chi connectivity index (χ0v) is 19.4. The van der Waals surface area contributed by atoms with Gasteiger partial charge in [0.05, 0.1) is 52.7 Å². The van der Waals surface area contributed by atoms with E-state index in [0.717, 1.165) is 28.1 Å². The van der Waals surface area contributed by atoms with Crippen LogP contribution in [-0.4, -0.2) is 49.6 Å². The number of hydrogen-bond acceptors (Lipinski definition) is 7. The quantitative estimate of drug-likeness (QED) is 0.448. The molecule has 1 aliphatic heterocycles. The normalized spacial score (nSPS) is 14.5. The van der Waals surface area contributed by atoms with E-state index in [1.807, 2.05) is 30.0 Å². The SMILES string of the molecule is CCOc1ccc2nc(SCC(=O)Nc3cc(C(F)(F)F)ccc3N3CCOCC3)sc2c1. The van der Waals surface area contributed by atoms with Gasteiger partial charge >= 0.3 is 6.18 Å². The highest BCUT2D eigenvalue weighted by molar-refractivity contribution is 8.01. The zero-order chi connectivity index (χ0) is 23.4. The Hall–Kier alpha value is -2.50. The van der Waals surface area contributed by atoms with E-state index in [0.29, 0.717) is 42.9 Å². The predicted octanol–water partition coefficient (Wildman–Crippen LogP) is 5.28. The molecule has 0 radical (unpaired) electrons. The summed E-state index contributed by atoms with van der Waals surface area (Å²) in [6, 6.07) is 9.02. The first-order chi connectivity index (χ1) is 15.8. The van der Waals surface area contributed by atoms with Crippen LogP contribution in [0.3, 0.4) is 0 Å². The van der Waals surface area contributed by atoms with Crippen molar-refractivity contribution in [3.8, 4) is 5.75 Å². The molecule has 1 aromatic heterocycles. The van der Waals surface area contributed by atoms with Gasteiger partial charge in [0.1, 0.15) is 5.75 Å². The van der Waals surface area contributed by atoms with E-state index in [1.54, 1.807) is 0 Å². The summed E-state index contributed by atoms with van der Waals surface area (Å²) in [7, 11) is 0. The molecular weight excluding hydrogens is 475 g/mol. The van der Waals surface area contributed by atoms with E-state index in [1.165, 1.54) is 29.2 Å². The first-order valence-corrected chi connectivity index (χ1v) is 12.1. The number of carbonyl (C=O) groups is 1. The molecule has 6 nitrogen and oxygen atoms in total. The lowest BCUT2D eigenvalue weighted by Crippen LogP contribution is -2.37. The summed E-state index contributed by atoms with van der Waals surface area (Å²) in [6.45, 7) is 4.51. The van der Waals surface area contributed by atoms with Gasteiger partial charge in [-0.3, -0.25) is 4.79 Å². The number of nitrogens with zero attached hydrogens (tertiary/aromatic N) is 2. The van der Waals surface area contributed by atoms with Crippen LogP contribution < -0.4 is 15.0 Å². The van der Waals surface area contributed by atoms with Gasteiger partial charge in [0.15, 0.2) is 4.34 Å². The van der Waals surface area contributed by atoms with Gasteiger partial charge in [-0.25, -0.2) is 4.98 Å². The summed E-state index contributed by atoms with van der Waals surface area (Å²) in [5, 5.41) is 2.66. The number of aromatic nitrogens is 1. The molecule has 4 rings (SSSR count). The highest BCUT2D eigenvalue weighted by Crippen LogP contribution is 2.36. The Morgan fingerprint density at radius 2 is 2.03 bits per heavy atom. The lowest BCUT2D eigenvalue weighted by atomic mass is 10.1. The molecule has 176 valence electrons. The minimum atomic E-state index is -4.50. The monoisotopic (exact) mass is 497 g/mol. The van der Waals surface area contributed by atoms with Gasteiger partial charge in [0.25, 0.3) is 0 Å². The number of thiazole rings is 1. The Balaban J connectivity index is 1.47. The lowest BCUT2D eigenvalue weighted by molar-refractivity contribution is -0.137. The van der Waals surface area contributed by atoms with Crippen molar-refractivity contribution in [2.75, 3.05) is 48.9 Å². The maximum atomic E-state index is 13.3. The predicted molar refractivity (Wildman–Crippen MR) is 125 cm³/mol. The van der Waals surface area contributed by atoms with Crippen LogP contribution in [0, 0.1) is 0 Å². The number of alkyl halides is 3. The van der Waals surface area contributed by atoms with E-state index in [2.05, 4.69) is 10.3 Å². The molecule has 1 amide bonds. The van der Waals surface area contributed by atoms with Gasteiger partial charge in [-0.05, 0) is 43.3 Å². The molecule has 0 aliphatic carbocycles. The molecule has 0 unspecified atom stereocenters. The smallest absolute Gasteiger partial charge is 0.416 e. The number of nitrogens with one attached hydrogen (secondary N) is 1. The molecule has 0 saturated carbocycles. The van der Waals surface area contributed by atoms with E-state index in [-0.39, 0.29) is 11.4 Å². The summed E-state index contributed by atoms with van der Waals surface area (Å²) in [5.41, 5.74) is 0.689. The summed E-state index contributed by atoms with van der Waals surface area (Å²) in [4.78, 5) is 19.1. The number of halogens is 3. The highest BCUT2D eigenvalue weighted by atomic mass is 32.2. The number of morpholine rings is 1. The molecule has 2 aromatic carbocycles. The topological polar surface area (TPSA) is 63.7 Å². The average molecular weight is 498 g/mol. The first-order valence-electron chi connectivity index (χ1n) is 10.3. The maximum absolute atomic E-state index is 13.3. The van der Waals surface area contributed by atoms with Crippen molar-refractivity contribution >= 4 is 50.6 Å². The van der Waals surface area contributed by atoms with E-state index in [4.69, 9.17) is 9.47 Å². The number of hydrogen-bond donors (Lipinski definition) is 1. The molecule has 0 spiro atoms. The molecule has 1 N–H and O–H groups in total. The second kappa shape index (κ2) is 10.2. The van der Waals surface area contributed by atoms with Gasteiger partial charge in [0, 0.05) is 13.1 Å². The van der Waals surface area contributed by atoms with Crippen LogP contribution in [0.5, 0.6) is 5.75 Å². The van der Waals surface area contributed by atoms with Crippen molar-refractivity contribution < 1.29 is 27.4 Å². The maximum Gasteiger partial charge on any atom is 0.416 e. The Bertz CT molecular complexity index is 1130. The molecule has 2 heterocycles. The van der Waals surface area contributed by atoms with Crippen molar-refractivity contribution in [1.82, 2.24) is 4.98 Å². The Labute approximate surface area is 197 Å². The minimum absolute atomic E-state index is 0.0247. The van der Waals surface area contributed by atoms with Gasteiger partial charge in [-0.1, -0.05) is 11.8 Å². The fraction of sp³-hybridized carbons (Fsp3) is 0.364. The lowest BCUT2D eigenvalue weighted by Gasteiger charge is -2.31. The zero-order valence-electron chi connectivity index (χ0n) is 17.8. The number of rotatable bonds is 7. The van der Waals surface area contributed by atoms with Crippen molar-refractivity contribution in [1.29, 1.82) is 0 Å². The molecule has 0 atom stereocenters. The Morgan fingerprint density at radius 1 is 1.24 bits per heavy atom. The number of fused-ring (bicyclic) bond motifs is 1. The van der Waals surface area contributed by atoms with Crippen LogP contribution in [0.4, 0.5) is 24.5 Å². The number of anilines is 2. The Morgan fingerprint density at radius 3 is 2.76 bits per heavy atom. The number of carbonyl (C=O) groups excluding carboxylic acids is 1. The van der Waals surface area contributed by atoms with E-state index >= 15 is 0 Å². The van der Waals surface area contributed by atoms with Crippen LogP contribution in [0.15, 0.2) is 40.7 Å². The van der Waals surface area contributed by atoms with Gasteiger partial charge in [-0.15, -0.1) is 11.3 Å². The van der Waals surface area contributed by atoms with E-state index in [9.17, 15) is 18.0 Å². The van der Waals surface area contributed by atoms with Crippen molar-refractivity contribution in [3.05, 3.63) is 42.0 Å². The molecule has 33 heavy (non-hydrogen) atoms. The third-order valence-corrected chi connectivity index (χ3v) is 7.09. The van der Waals surface area contributed by atoms with Crippen LogP contribution in [0.1, 0.15) is 12.5 Å². The van der Waals surface area contributed by atoms with Crippen molar-refractivity contribution in [3.63, 3.8) is 0 Å². The molecule has 11 heteroatoms. The fourth-order valence-corrected chi connectivity index (χ4v) is 5.30. The molecule has 1 saturated heterocycles. The Kier molecular flexibility index (Phi) is 7.30. The van der Waals surface area contributed by atoms with Crippen molar-refractivity contribution in [2.24, 2.45) is 0 Å².